The fourth-order valence-electron chi connectivity index (χ4n) is 6.76. The molecule has 0 atom stereocenters. The molecule has 0 aliphatic carbocycles. The van der Waals surface area contributed by atoms with Crippen molar-refractivity contribution in [1.82, 2.24) is 60.1 Å². The molecule has 0 unspecified atom stereocenters. The van der Waals surface area contributed by atoms with E-state index in [9.17, 15) is 61.5 Å². The zero-order chi connectivity index (χ0) is 61.7. The molecule has 0 spiro atoms. The van der Waals surface area contributed by atoms with Crippen molar-refractivity contribution in [2.45, 2.75) is 77.1 Å². The Labute approximate surface area is 510 Å². The first-order valence-corrected chi connectivity index (χ1v) is 24.3. The number of rotatable bonds is 6. The molecule has 0 fully saturated rings. The summed E-state index contributed by atoms with van der Waals surface area (Å²) in [5.74, 6) is -0.492. The Bertz CT molecular complexity index is 3320. The molecule has 0 amide bonds. The second-order valence-corrected chi connectivity index (χ2v) is 20.1. The van der Waals surface area contributed by atoms with E-state index in [1.165, 1.54) is 24.3 Å². The van der Waals surface area contributed by atoms with E-state index in [4.69, 9.17) is 0 Å². The number of halogens is 14. The third kappa shape index (κ3) is 18.7. The topological polar surface area (TPSA) is 144 Å². The maximum absolute atomic E-state index is 12.8. The molecule has 14 nitrogen and oxygen atoms in total. The predicted molar refractivity (Wildman–Crippen MR) is 277 cm³/mol. The number of hydrogen-bond donors (Lipinski definition) is 0. The van der Waals surface area contributed by atoms with Crippen molar-refractivity contribution in [2.75, 3.05) is 23.9 Å². The summed E-state index contributed by atoms with van der Waals surface area (Å²) >= 11 is 0. The SMILES string of the molecule is CC(C)(C)c1nc(-c2[c-]cc(C(F)(F)F)cc2)nc(-c2cc(C(F)(F)F)n[n-]2)n1.CC(C)(C)c1nc(-c2[c-]cc(C(F)(F)F)cc2)nc(-c2cc(C(F)(F)F)n[n-]2)n1.CN1C=CN(c2[c-]cc(F)cc2)[CH-]1.CN1C=CN(c2[c-]cc(F)cc2)[CH-]1.[Ir].[Ir]. The van der Waals surface area contributed by atoms with E-state index in [-0.39, 0.29) is 109 Å². The molecule has 0 saturated heterocycles. The van der Waals surface area contributed by atoms with Gasteiger partial charge in [0.15, 0.2) is 0 Å². The normalized spacial score (nSPS) is 13.5. The van der Waals surface area contributed by atoms with Crippen LogP contribution in [0.1, 0.15) is 75.7 Å². The molecule has 8 aromatic rings. The summed E-state index contributed by atoms with van der Waals surface area (Å²) < 4.78 is 179. The van der Waals surface area contributed by atoms with Gasteiger partial charge in [-0.25, -0.2) is 9.97 Å². The molecule has 0 saturated carbocycles. The first-order chi connectivity index (χ1) is 39.0. The molecule has 6 heterocycles. The van der Waals surface area contributed by atoms with E-state index < -0.39 is 58.0 Å². The Kier molecular flexibility index (Phi) is 22.0. The van der Waals surface area contributed by atoms with Gasteiger partial charge in [0.1, 0.15) is 34.7 Å². The first-order valence-electron chi connectivity index (χ1n) is 24.3. The number of anilines is 2. The van der Waals surface area contributed by atoms with Gasteiger partial charge in [0.05, 0.1) is 11.6 Å². The predicted octanol–water partition coefficient (Wildman–Crippen LogP) is 13.3. The third-order valence-corrected chi connectivity index (χ3v) is 11.1. The average Bonchev–Trinajstić information content (AvgIpc) is 1.77. The van der Waals surface area contributed by atoms with Crippen LogP contribution in [-0.4, -0.2) is 64.0 Å². The van der Waals surface area contributed by atoms with E-state index in [2.05, 4.69) is 74.6 Å². The Hall–Kier alpha value is -7.68. The number of benzene rings is 4. The van der Waals surface area contributed by atoms with E-state index in [0.717, 1.165) is 47.8 Å². The number of hydrogen-bond acceptors (Lipinski definition) is 12. The summed E-state index contributed by atoms with van der Waals surface area (Å²) in [6.07, 6.45) is -10.8. The van der Waals surface area contributed by atoms with Gasteiger partial charge >= 0.3 is 24.7 Å². The van der Waals surface area contributed by atoms with Crippen molar-refractivity contribution in [2.24, 2.45) is 0 Å². The van der Waals surface area contributed by atoms with Gasteiger partial charge in [-0.15, -0.1) is 107 Å². The van der Waals surface area contributed by atoms with Crippen LogP contribution in [0.3, 0.4) is 0 Å². The summed E-state index contributed by atoms with van der Waals surface area (Å²) in [4.78, 5) is 32.5. The monoisotopic (exact) mass is 1560 g/mol. The standard InChI is InChI=1S/2C18H13F6N5.2C10H9FN2.2Ir/c2*1-16(2,3)15-26-13(9-4-6-10(7-5-9)17(19,20)21)25-14(27-15)11-8-12(29-28-11)18(22,23)24;2*1-12-6-7-13(8-12)10-4-2-9(11)3-5-10;;/h2*4,6-8H,1-3H3;2*2-4,6-8H,1H3;;/q4*-2;;. The van der Waals surface area contributed by atoms with Crippen molar-refractivity contribution in [1.29, 1.82) is 0 Å². The maximum Gasteiger partial charge on any atom is 0.431 e. The number of aromatic nitrogens is 10. The van der Waals surface area contributed by atoms with Crippen LogP contribution in [0, 0.1) is 49.2 Å². The van der Waals surface area contributed by atoms with Crippen LogP contribution in [-0.2, 0) is 75.7 Å². The molecule has 4 aromatic heterocycles. The van der Waals surface area contributed by atoms with Crippen molar-refractivity contribution in [3.05, 3.63) is 193 Å². The van der Waals surface area contributed by atoms with Gasteiger partial charge in [-0.2, -0.15) is 78.2 Å². The fourth-order valence-corrected chi connectivity index (χ4v) is 6.76. The Morgan fingerprint density at radius 1 is 0.419 bits per heavy atom. The Morgan fingerprint density at radius 2 is 0.767 bits per heavy atom. The minimum Gasteiger partial charge on any atom is -0.572 e. The smallest absolute Gasteiger partial charge is 0.431 e. The van der Waals surface area contributed by atoms with Crippen molar-refractivity contribution >= 4 is 11.4 Å². The average molecular weight is 1560 g/mol. The van der Waals surface area contributed by atoms with Crippen LogP contribution in [0.25, 0.3) is 45.8 Å². The zero-order valence-corrected chi connectivity index (χ0v) is 50.6. The number of alkyl halides is 12. The summed E-state index contributed by atoms with van der Waals surface area (Å²) in [5.41, 5.74) is -3.96. The zero-order valence-electron chi connectivity index (χ0n) is 45.8. The van der Waals surface area contributed by atoms with E-state index >= 15 is 0 Å². The fraction of sp³-hybridized carbons (Fsp3) is 0.250. The first kappa shape index (κ1) is 69.1. The molecule has 86 heavy (non-hydrogen) atoms. The van der Waals surface area contributed by atoms with Gasteiger partial charge in [-0.1, -0.05) is 52.9 Å². The molecule has 462 valence electrons. The van der Waals surface area contributed by atoms with Crippen molar-refractivity contribution in [3.63, 3.8) is 0 Å². The summed E-state index contributed by atoms with van der Waals surface area (Å²) in [6.45, 7) is 14.4. The van der Waals surface area contributed by atoms with Crippen LogP contribution < -0.4 is 20.0 Å². The van der Waals surface area contributed by atoms with Crippen LogP contribution in [0.15, 0.2) is 110 Å². The van der Waals surface area contributed by atoms with Gasteiger partial charge in [-0.3, -0.25) is 28.7 Å². The van der Waals surface area contributed by atoms with Gasteiger partial charge in [0.25, 0.3) is 0 Å². The molecule has 4 aromatic carbocycles. The molecule has 0 N–H and O–H groups in total. The second kappa shape index (κ2) is 27.4. The molecule has 0 bridgehead atoms. The molecule has 10 rings (SSSR count). The Balaban J connectivity index is 0.000000221. The van der Waals surface area contributed by atoms with E-state index in [1.54, 1.807) is 53.7 Å². The molecular formula is C56H44F14Ir2N14-8. The van der Waals surface area contributed by atoms with Crippen LogP contribution >= 0.6 is 0 Å². The molecule has 2 aliphatic heterocycles. The summed E-state index contributed by atoms with van der Waals surface area (Å²) in [6, 6.07) is 26.3. The van der Waals surface area contributed by atoms with Crippen molar-refractivity contribution < 1.29 is 102 Å². The molecule has 2 aliphatic rings. The Morgan fingerprint density at radius 3 is 1.01 bits per heavy atom. The van der Waals surface area contributed by atoms with E-state index in [1.807, 2.05) is 71.8 Å². The van der Waals surface area contributed by atoms with Crippen LogP contribution in [0.5, 0.6) is 0 Å². The second-order valence-electron chi connectivity index (χ2n) is 20.1. The third-order valence-electron chi connectivity index (χ3n) is 11.1. The summed E-state index contributed by atoms with van der Waals surface area (Å²) in [7, 11) is 3.86. The quantitative estimate of drug-likeness (QED) is 0.115. The van der Waals surface area contributed by atoms with Crippen LogP contribution in [0.2, 0.25) is 0 Å². The molecule has 2 radical (unpaired) electrons. The maximum atomic E-state index is 12.8. The van der Waals surface area contributed by atoms with Gasteiger partial charge in [0, 0.05) is 62.7 Å². The minimum absolute atomic E-state index is 0. The summed E-state index contributed by atoms with van der Waals surface area (Å²) in [5, 5.41) is 13.1. The largest absolute Gasteiger partial charge is 0.572 e. The molecular weight excluding hydrogens is 1520 g/mol. The van der Waals surface area contributed by atoms with Gasteiger partial charge in [0.2, 0.25) is 0 Å². The van der Waals surface area contributed by atoms with Crippen molar-refractivity contribution in [3.8, 4) is 45.8 Å². The van der Waals surface area contributed by atoms with Crippen LogP contribution in [0.4, 0.5) is 72.8 Å². The van der Waals surface area contributed by atoms with Gasteiger partial charge < -0.3 is 40.0 Å². The van der Waals surface area contributed by atoms with Gasteiger partial charge in [-0.05, 0) is 62.2 Å². The molecule has 30 heteroatoms. The number of nitrogens with zero attached hydrogens (tertiary/aromatic N) is 14. The van der Waals surface area contributed by atoms with E-state index in [0.29, 0.717) is 12.1 Å². The minimum atomic E-state index is -4.69.